The Bertz CT molecular complexity index is 792. The van der Waals surface area contributed by atoms with Gasteiger partial charge in [0.2, 0.25) is 5.91 Å². The molecule has 0 radical (unpaired) electrons. The predicted molar refractivity (Wildman–Crippen MR) is 102 cm³/mol. The molecule has 0 saturated heterocycles. The summed E-state index contributed by atoms with van der Waals surface area (Å²) in [5.74, 6) is 0.0739. The van der Waals surface area contributed by atoms with Crippen molar-refractivity contribution in [1.82, 2.24) is 5.32 Å². The molecule has 0 spiro atoms. The van der Waals surface area contributed by atoms with Crippen LogP contribution in [0.25, 0.3) is 0 Å². The van der Waals surface area contributed by atoms with Crippen LogP contribution in [0.2, 0.25) is 0 Å². The van der Waals surface area contributed by atoms with Gasteiger partial charge >= 0.3 is 5.97 Å². The fourth-order valence-electron chi connectivity index (χ4n) is 2.60. The SMILES string of the molecule is COC(=O)c1cc(OC)c(OC)cc1NCC(=O)N[C@@H](C)c1ccccc1. The molecule has 7 heteroatoms. The zero-order chi connectivity index (χ0) is 19.8. The van der Waals surface area contributed by atoms with Crippen molar-refractivity contribution in [2.75, 3.05) is 33.2 Å². The molecule has 2 aromatic carbocycles. The minimum absolute atomic E-state index is 0.0172. The maximum Gasteiger partial charge on any atom is 0.340 e. The number of amides is 1. The van der Waals surface area contributed by atoms with Crippen molar-refractivity contribution < 1.29 is 23.8 Å². The molecule has 0 aromatic heterocycles. The third-order valence-electron chi connectivity index (χ3n) is 4.05. The Balaban J connectivity index is 2.11. The molecule has 7 nitrogen and oxygen atoms in total. The zero-order valence-corrected chi connectivity index (χ0v) is 15.9. The van der Waals surface area contributed by atoms with Crippen molar-refractivity contribution in [3.05, 3.63) is 53.6 Å². The lowest BCUT2D eigenvalue weighted by Gasteiger charge is -2.17. The number of carbonyl (C=O) groups is 2. The summed E-state index contributed by atoms with van der Waals surface area (Å²) in [5, 5.41) is 5.87. The fourth-order valence-corrected chi connectivity index (χ4v) is 2.60. The van der Waals surface area contributed by atoms with E-state index in [1.54, 1.807) is 6.07 Å². The quantitative estimate of drug-likeness (QED) is 0.693. The second kappa shape index (κ2) is 9.47. The maximum atomic E-state index is 12.3. The van der Waals surface area contributed by atoms with Gasteiger partial charge in [-0.1, -0.05) is 30.3 Å². The van der Waals surface area contributed by atoms with Gasteiger partial charge in [-0.2, -0.15) is 0 Å². The van der Waals surface area contributed by atoms with E-state index in [9.17, 15) is 9.59 Å². The lowest BCUT2D eigenvalue weighted by molar-refractivity contribution is -0.120. The first-order chi connectivity index (χ1) is 13.0. The van der Waals surface area contributed by atoms with E-state index in [2.05, 4.69) is 10.6 Å². The highest BCUT2D eigenvalue weighted by molar-refractivity contribution is 5.97. The lowest BCUT2D eigenvalue weighted by atomic mass is 10.1. The van der Waals surface area contributed by atoms with Crippen molar-refractivity contribution in [2.45, 2.75) is 13.0 Å². The first kappa shape index (κ1) is 20.1. The van der Waals surface area contributed by atoms with E-state index in [0.717, 1.165) is 5.56 Å². The van der Waals surface area contributed by atoms with Gasteiger partial charge in [0.25, 0.3) is 0 Å². The van der Waals surface area contributed by atoms with Gasteiger partial charge in [-0.05, 0) is 12.5 Å². The van der Waals surface area contributed by atoms with Crippen LogP contribution in [0.3, 0.4) is 0 Å². The average molecular weight is 372 g/mol. The highest BCUT2D eigenvalue weighted by Gasteiger charge is 2.18. The van der Waals surface area contributed by atoms with Crippen molar-refractivity contribution in [3.63, 3.8) is 0 Å². The molecule has 2 rings (SSSR count). The summed E-state index contributed by atoms with van der Waals surface area (Å²) in [5.41, 5.74) is 1.67. The second-order valence-corrected chi connectivity index (χ2v) is 5.80. The minimum Gasteiger partial charge on any atom is -0.493 e. The Morgan fingerprint density at radius 1 is 1.00 bits per heavy atom. The molecular formula is C20H24N2O5. The number of hydrogen-bond acceptors (Lipinski definition) is 6. The van der Waals surface area contributed by atoms with Crippen molar-refractivity contribution in [3.8, 4) is 11.5 Å². The summed E-state index contributed by atoms with van der Waals surface area (Å²) in [4.78, 5) is 24.3. The Hall–Kier alpha value is -3.22. The number of methoxy groups -OCH3 is 3. The number of hydrogen-bond donors (Lipinski definition) is 2. The van der Waals surface area contributed by atoms with E-state index in [1.165, 1.54) is 27.4 Å². The summed E-state index contributed by atoms with van der Waals surface area (Å²) < 4.78 is 15.3. The topological polar surface area (TPSA) is 85.9 Å². The average Bonchev–Trinajstić information content (AvgIpc) is 2.71. The van der Waals surface area contributed by atoms with Crippen LogP contribution in [-0.4, -0.2) is 39.8 Å². The van der Waals surface area contributed by atoms with Crippen LogP contribution in [-0.2, 0) is 9.53 Å². The molecule has 2 aromatic rings. The summed E-state index contributed by atoms with van der Waals surface area (Å²) in [6.07, 6.45) is 0. The van der Waals surface area contributed by atoms with Crippen molar-refractivity contribution in [1.29, 1.82) is 0 Å². The first-order valence-electron chi connectivity index (χ1n) is 8.42. The number of carbonyl (C=O) groups excluding carboxylic acids is 2. The number of anilines is 1. The third kappa shape index (κ3) is 5.13. The largest absolute Gasteiger partial charge is 0.493 e. The highest BCUT2D eigenvalue weighted by atomic mass is 16.5. The van der Waals surface area contributed by atoms with Crippen molar-refractivity contribution >= 4 is 17.6 Å². The molecule has 0 aliphatic heterocycles. The van der Waals surface area contributed by atoms with E-state index in [0.29, 0.717) is 17.2 Å². The van der Waals surface area contributed by atoms with Gasteiger partial charge in [0, 0.05) is 12.1 Å². The van der Waals surface area contributed by atoms with Gasteiger partial charge < -0.3 is 24.8 Å². The van der Waals surface area contributed by atoms with E-state index in [4.69, 9.17) is 14.2 Å². The van der Waals surface area contributed by atoms with Gasteiger partial charge in [-0.15, -0.1) is 0 Å². The van der Waals surface area contributed by atoms with E-state index < -0.39 is 5.97 Å². The molecule has 0 unspecified atom stereocenters. The Labute approximate surface area is 158 Å². The fraction of sp³-hybridized carbons (Fsp3) is 0.300. The molecular weight excluding hydrogens is 348 g/mol. The number of rotatable bonds is 8. The van der Waals surface area contributed by atoms with E-state index in [-0.39, 0.29) is 24.1 Å². The van der Waals surface area contributed by atoms with Gasteiger partial charge in [-0.3, -0.25) is 4.79 Å². The molecule has 0 heterocycles. The molecule has 0 aliphatic carbocycles. The number of benzene rings is 2. The molecule has 1 amide bonds. The third-order valence-corrected chi connectivity index (χ3v) is 4.05. The van der Waals surface area contributed by atoms with E-state index in [1.807, 2.05) is 37.3 Å². The van der Waals surface area contributed by atoms with Crippen LogP contribution in [0.1, 0.15) is 28.9 Å². The Kier molecular flexibility index (Phi) is 7.05. The van der Waals surface area contributed by atoms with Crippen LogP contribution < -0.4 is 20.1 Å². The monoisotopic (exact) mass is 372 g/mol. The zero-order valence-electron chi connectivity index (χ0n) is 15.9. The summed E-state index contributed by atoms with van der Waals surface area (Å²) >= 11 is 0. The van der Waals surface area contributed by atoms with Crippen LogP contribution in [0, 0.1) is 0 Å². The lowest BCUT2D eigenvalue weighted by Crippen LogP contribution is -2.32. The molecule has 0 bridgehead atoms. The van der Waals surface area contributed by atoms with Crippen LogP contribution in [0.15, 0.2) is 42.5 Å². The van der Waals surface area contributed by atoms with Gasteiger partial charge in [0.15, 0.2) is 11.5 Å². The van der Waals surface area contributed by atoms with E-state index >= 15 is 0 Å². The molecule has 0 saturated carbocycles. The summed E-state index contributed by atoms with van der Waals surface area (Å²) in [7, 11) is 4.26. The molecule has 2 N–H and O–H groups in total. The summed E-state index contributed by atoms with van der Waals surface area (Å²) in [6, 6.07) is 12.6. The minimum atomic E-state index is -0.545. The smallest absolute Gasteiger partial charge is 0.340 e. The second-order valence-electron chi connectivity index (χ2n) is 5.80. The Morgan fingerprint density at radius 3 is 2.22 bits per heavy atom. The standard InChI is InChI=1S/C20H24N2O5/c1-13(14-8-6-5-7-9-14)22-19(23)12-21-16-11-18(26-3)17(25-2)10-15(16)20(24)27-4/h5-11,13,21H,12H2,1-4H3,(H,22,23)/t13-/m0/s1. The van der Waals surface area contributed by atoms with Gasteiger partial charge in [0.1, 0.15) is 0 Å². The normalized spacial score (nSPS) is 11.3. The predicted octanol–water partition coefficient (Wildman–Crippen LogP) is 2.78. The molecule has 27 heavy (non-hydrogen) atoms. The van der Waals surface area contributed by atoms with Crippen LogP contribution >= 0.6 is 0 Å². The first-order valence-corrected chi connectivity index (χ1v) is 8.42. The molecule has 144 valence electrons. The van der Waals surface area contributed by atoms with Gasteiger partial charge in [0.05, 0.1) is 45.2 Å². The van der Waals surface area contributed by atoms with Crippen molar-refractivity contribution in [2.24, 2.45) is 0 Å². The number of ether oxygens (including phenoxy) is 3. The van der Waals surface area contributed by atoms with Crippen LogP contribution in [0.5, 0.6) is 11.5 Å². The molecule has 0 fully saturated rings. The number of nitrogens with one attached hydrogen (secondary N) is 2. The summed E-state index contributed by atoms with van der Waals surface area (Å²) in [6.45, 7) is 1.89. The molecule has 1 atom stereocenters. The maximum absolute atomic E-state index is 12.3. The Morgan fingerprint density at radius 2 is 1.63 bits per heavy atom. The highest BCUT2D eigenvalue weighted by Crippen LogP contribution is 2.33. The van der Waals surface area contributed by atoms with Gasteiger partial charge in [-0.25, -0.2) is 4.79 Å². The number of esters is 1. The van der Waals surface area contributed by atoms with Crippen LogP contribution in [0.4, 0.5) is 5.69 Å². The molecule has 0 aliphatic rings.